The van der Waals surface area contributed by atoms with Crippen molar-refractivity contribution in [3.63, 3.8) is 0 Å². The number of fused-ring (bicyclic) bond motifs is 5. The Balaban J connectivity index is 1.55. The molecule has 0 aromatic heterocycles. The molecule has 0 saturated heterocycles. The van der Waals surface area contributed by atoms with Crippen molar-refractivity contribution in [1.82, 2.24) is 0 Å². The largest absolute Gasteiger partial charge is 0.469 e. The van der Waals surface area contributed by atoms with Crippen LogP contribution in [0, 0.1) is 46.3 Å². The summed E-state index contributed by atoms with van der Waals surface area (Å²) < 4.78 is 4.85. The van der Waals surface area contributed by atoms with Crippen molar-refractivity contribution in [1.29, 1.82) is 0 Å². The van der Waals surface area contributed by atoms with Gasteiger partial charge in [-0.15, -0.1) is 0 Å². The minimum absolute atomic E-state index is 0.0183. The highest BCUT2D eigenvalue weighted by molar-refractivity contribution is 5.69. The molecule has 9 atom stereocenters. The summed E-state index contributed by atoms with van der Waals surface area (Å²) >= 11 is 0. The van der Waals surface area contributed by atoms with E-state index < -0.39 is 0 Å². The predicted octanol–water partition coefficient (Wildman–Crippen LogP) is 5.37. The maximum atomic E-state index is 11.6. The summed E-state index contributed by atoms with van der Waals surface area (Å²) in [5.41, 5.74) is 0.402. The van der Waals surface area contributed by atoms with Crippen LogP contribution in [0.2, 0.25) is 0 Å². The van der Waals surface area contributed by atoms with Gasteiger partial charge in [0.1, 0.15) is 0 Å². The lowest BCUT2D eigenvalue weighted by Crippen LogP contribution is -2.57. The van der Waals surface area contributed by atoms with E-state index >= 15 is 0 Å². The van der Waals surface area contributed by atoms with Crippen LogP contribution in [-0.2, 0) is 9.53 Å². The molecule has 1 N–H and O–H groups in total. The van der Waals surface area contributed by atoms with Gasteiger partial charge in [-0.05, 0) is 97.7 Å². The number of hydrogen-bond acceptors (Lipinski definition) is 3. The molecule has 0 spiro atoms. The summed E-state index contributed by atoms with van der Waals surface area (Å²) in [5.74, 6) is 3.70. The van der Waals surface area contributed by atoms with Crippen LogP contribution in [0.25, 0.3) is 0 Å². The third kappa shape index (κ3) is 2.99. The number of carbonyl (C=O) groups excluding carboxylic acids is 1. The number of esters is 1. The van der Waals surface area contributed by atoms with Crippen molar-refractivity contribution >= 4 is 5.97 Å². The fraction of sp³-hybridized carbons (Fsp3) is 0.880. The maximum Gasteiger partial charge on any atom is 0.305 e. The Morgan fingerprint density at radius 3 is 2.75 bits per heavy atom. The first-order valence-corrected chi connectivity index (χ1v) is 11.7. The summed E-state index contributed by atoms with van der Waals surface area (Å²) in [6.07, 6.45) is 14.7. The first-order chi connectivity index (χ1) is 13.3. The van der Waals surface area contributed by atoms with Gasteiger partial charge in [0.2, 0.25) is 0 Å². The molecule has 3 heteroatoms. The zero-order valence-electron chi connectivity index (χ0n) is 18.3. The van der Waals surface area contributed by atoms with Gasteiger partial charge in [0, 0.05) is 6.42 Å². The fourth-order valence-electron chi connectivity index (χ4n) is 8.40. The average Bonchev–Trinajstić information content (AvgIpc) is 3.05. The Hall–Kier alpha value is -0.830. The molecule has 0 heterocycles. The Kier molecular flexibility index (Phi) is 5.44. The van der Waals surface area contributed by atoms with E-state index in [1.165, 1.54) is 45.6 Å². The molecule has 3 nitrogen and oxygen atoms in total. The molecule has 0 aromatic rings. The molecule has 3 fully saturated rings. The molecule has 0 aromatic carbocycles. The molecule has 4 aliphatic carbocycles. The first-order valence-electron chi connectivity index (χ1n) is 11.7. The van der Waals surface area contributed by atoms with Crippen molar-refractivity contribution in [2.75, 3.05) is 7.11 Å². The molecule has 28 heavy (non-hydrogen) atoms. The summed E-state index contributed by atoms with van der Waals surface area (Å²) in [7, 11) is 1.47. The van der Waals surface area contributed by atoms with Gasteiger partial charge in [0.15, 0.2) is 0 Å². The third-order valence-corrected chi connectivity index (χ3v) is 10.1. The van der Waals surface area contributed by atoms with Crippen molar-refractivity contribution in [3.05, 3.63) is 12.2 Å². The first kappa shape index (κ1) is 20.4. The van der Waals surface area contributed by atoms with Crippen LogP contribution in [0.3, 0.4) is 0 Å². The number of rotatable bonds is 4. The van der Waals surface area contributed by atoms with Gasteiger partial charge < -0.3 is 9.84 Å². The quantitative estimate of drug-likeness (QED) is 0.520. The summed E-state index contributed by atoms with van der Waals surface area (Å²) in [6, 6.07) is 0. The number of aliphatic hydroxyl groups excluding tert-OH is 1. The molecule has 0 bridgehead atoms. The molecule has 158 valence electrons. The van der Waals surface area contributed by atoms with Crippen LogP contribution in [-0.4, -0.2) is 24.3 Å². The van der Waals surface area contributed by atoms with E-state index in [1.807, 2.05) is 0 Å². The molecule has 0 radical (unpaired) electrons. The lowest BCUT2D eigenvalue weighted by molar-refractivity contribution is -0.159. The topological polar surface area (TPSA) is 46.5 Å². The Bertz CT molecular complexity index is 627. The van der Waals surface area contributed by atoms with Crippen molar-refractivity contribution < 1.29 is 14.6 Å². The second kappa shape index (κ2) is 7.45. The third-order valence-electron chi connectivity index (χ3n) is 10.1. The number of hydrogen-bond donors (Lipinski definition) is 1. The summed E-state index contributed by atoms with van der Waals surface area (Å²) in [6.45, 7) is 7.21. The lowest BCUT2D eigenvalue weighted by Gasteiger charge is -2.61. The maximum absolute atomic E-state index is 11.6. The highest BCUT2D eigenvalue weighted by Gasteiger charge is 2.63. The molecule has 0 aliphatic heterocycles. The average molecular weight is 389 g/mol. The Labute approximate surface area is 171 Å². The smallest absolute Gasteiger partial charge is 0.305 e. The molecular formula is C25H40O3. The van der Waals surface area contributed by atoms with E-state index in [4.69, 9.17) is 4.74 Å². The normalized spacial score (nSPS) is 48.3. The predicted molar refractivity (Wildman–Crippen MR) is 112 cm³/mol. The van der Waals surface area contributed by atoms with Crippen LogP contribution in [0.1, 0.15) is 78.6 Å². The standard InChI is InChI=1S/C25H40O3/c1-16(8-13-23(27)28-4)19-11-12-20-18-10-9-17-7-5-6-14-24(17,2)21(18)15-22(26)25(19,20)3/h5,7,16-22,26H,6,8-15H2,1-4H3/t16-,17+,18+,19+,20-,21-,22+,24+,25+/m1/s1. The van der Waals surface area contributed by atoms with Gasteiger partial charge in [-0.3, -0.25) is 4.79 Å². The Morgan fingerprint density at radius 2 is 2.00 bits per heavy atom. The zero-order valence-corrected chi connectivity index (χ0v) is 18.3. The van der Waals surface area contributed by atoms with Crippen molar-refractivity contribution in [3.8, 4) is 0 Å². The highest BCUT2D eigenvalue weighted by atomic mass is 16.5. The van der Waals surface area contributed by atoms with E-state index in [9.17, 15) is 9.90 Å². The van der Waals surface area contributed by atoms with Crippen molar-refractivity contribution in [2.24, 2.45) is 46.3 Å². The highest BCUT2D eigenvalue weighted by Crippen LogP contribution is 2.67. The lowest BCUT2D eigenvalue weighted by atomic mass is 9.44. The fourth-order valence-corrected chi connectivity index (χ4v) is 8.40. The number of aliphatic hydroxyl groups is 1. The van der Waals surface area contributed by atoms with Gasteiger partial charge in [0.05, 0.1) is 13.2 Å². The SMILES string of the molecule is COC(=O)CC[C@@H](C)[C@@H]1CC[C@@H]2[C@@H]3CC[C@@H]4C=CCC[C@]4(C)[C@@H]3C[C@H](O)[C@]21C. The molecule has 3 saturated carbocycles. The van der Waals surface area contributed by atoms with Crippen LogP contribution in [0.15, 0.2) is 12.2 Å². The van der Waals surface area contributed by atoms with E-state index in [2.05, 4.69) is 32.9 Å². The summed E-state index contributed by atoms with van der Waals surface area (Å²) in [5, 5.41) is 11.5. The minimum Gasteiger partial charge on any atom is -0.469 e. The number of carbonyl (C=O) groups is 1. The second-order valence-corrected chi connectivity index (χ2v) is 10.9. The van der Waals surface area contributed by atoms with Crippen LogP contribution < -0.4 is 0 Å². The van der Waals surface area contributed by atoms with Gasteiger partial charge >= 0.3 is 5.97 Å². The van der Waals surface area contributed by atoms with Gasteiger partial charge in [-0.2, -0.15) is 0 Å². The van der Waals surface area contributed by atoms with Gasteiger partial charge in [0.25, 0.3) is 0 Å². The molecule has 0 amide bonds. The van der Waals surface area contributed by atoms with Crippen molar-refractivity contribution in [2.45, 2.75) is 84.7 Å². The van der Waals surface area contributed by atoms with Crippen LogP contribution in [0.5, 0.6) is 0 Å². The van der Waals surface area contributed by atoms with E-state index in [0.29, 0.717) is 35.5 Å². The monoisotopic (exact) mass is 388 g/mol. The second-order valence-electron chi connectivity index (χ2n) is 10.9. The van der Waals surface area contributed by atoms with Crippen LogP contribution >= 0.6 is 0 Å². The molecule has 0 unspecified atom stereocenters. The van der Waals surface area contributed by atoms with E-state index in [0.717, 1.165) is 24.7 Å². The summed E-state index contributed by atoms with van der Waals surface area (Å²) in [4.78, 5) is 11.6. The zero-order chi connectivity index (χ0) is 20.1. The van der Waals surface area contributed by atoms with E-state index in [1.54, 1.807) is 0 Å². The minimum atomic E-state index is -0.201. The van der Waals surface area contributed by atoms with Gasteiger partial charge in [-0.25, -0.2) is 0 Å². The number of ether oxygens (including phenoxy) is 1. The molecule has 4 aliphatic rings. The van der Waals surface area contributed by atoms with Gasteiger partial charge in [-0.1, -0.05) is 32.9 Å². The van der Waals surface area contributed by atoms with Crippen LogP contribution in [0.4, 0.5) is 0 Å². The van der Waals surface area contributed by atoms with E-state index in [-0.39, 0.29) is 17.5 Å². The molecular weight excluding hydrogens is 348 g/mol. The molecule has 4 rings (SSSR count). The number of allylic oxidation sites excluding steroid dienone is 2. The number of methoxy groups -OCH3 is 1. The Morgan fingerprint density at radius 1 is 1.21 bits per heavy atom.